The molecule has 3 aromatic carbocycles. The van der Waals surface area contributed by atoms with Gasteiger partial charge < -0.3 is 11.1 Å². The summed E-state index contributed by atoms with van der Waals surface area (Å²) >= 11 is 1.35. The van der Waals surface area contributed by atoms with E-state index in [1.165, 1.54) is 17.4 Å². The Labute approximate surface area is 210 Å². The number of benzene rings is 3. The molecule has 11 heteroatoms. The van der Waals surface area contributed by atoms with Crippen molar-refractivity contribution in [3.63, 3.8) is 0 Å². The minimum absolute atomic E-state index is 0. The van der Waals surface area contributed by atoms with Crippen LogP contribution in [0.2, 0.25) is 0 Å². The first kappa shape index (κ1) is 24.1. The summed E-state index contributed by atoms with van der Waals surface area (Å²) < 4.78 is 33.2. The van der Waals surface area contributed by atoms with Crippen LogP contribution in [-0.4, -0.2) is 48.4 Å². The number of thiophene rings is 1. The van der Waals surface area contributed by atoms with Gasteiger partial charge in [-0.05, 0) is 41.8 Å². The number of nitrogens with one attached hydrogen (secondary N) is 1. The molecule has 32 heavy (non-hydrogen) atoms. The molecule has 4 N–H and O–H groups in total. The SMILES string of the molecule is Nc1c(/N=N/c2ccc(NC(=O)c3cccs3)cc2)cc(S(=O)(=O)O)c2ccccc12.[NaH]. The summed E-state index contributed by atoms with van der Waals surface area (Å²) in [5, 5.41) is 13.5. The molecule has 0 fully saturated rings. The molecule has 0 aliphatic rings. The molecule has 0 aliphatic heterocycles. The molecule has 0 atom stereocenters. The number of anilines is 2. The second kappa shape index (κ2) is 9.90. The van der Waals surface area contributed by atoms with E-state index in [4.69, 9.17) is 5.73 Å². The zero-order valence-corrected chi connectivity index (χ0v) is 17.5. The molecule has 0 bridgehead atoms. The minimum atomic E-state index is -4.48. The Bertz CT molecular complexity index is 1400. The fraction of sp³-hybridized carbons (Fsp3) is 0. The van der Waals surface area contributed by atoms with E-state index in [9.17, 15) is 17.8 Å². The van der Waals surface area contributed by atoms with Crippen LogP contribution in [0.1, 0.15) is 9.67 Å². The summed E-state index contributed by atoms with van der Waals surface area (Å²) in [5.41, 5.74) is 7.56. The third-order valence-electron chi connectivity index (χ3n) is 4.45. The molecule has 4 rings (SSSR count). The first-order valence-corrected chi connectivity index (χ1v) is 11.3. The molecule has 0 radical (unpaired) electrons. The molecule has 0 spiro atoms. The molecule has 0 aliphatic carbocycles. The Balaban J connectivity index is 0.00000289. The summed E-state index contributed by atoms with van der Waals surface area (Å²) in [6.45, 7) is 0. The maximum absolute atomic E-state index is 12.1. The number of rotatable bonds is 5. The Morgan fingerprint density at radius 3 is 2.28 bits per heavy atom. The van der Waals surface area contributed by atoms with Crippen molar-refractivity contribution < 1.29 is 17.8 Å². The van der Waals surface area contributed by atoms with Crippen molar-refractivity contribution in [2.45, 2.75) is 4.90 Å². The quantitative estimate of drug-likeness (QED) is 0.165. The number of amides is 1. The van der Waals surface area contributed by atoms with Gasteiger partial charge in [0, 0.05) is 16.5 Å². The second-order valence-electron chi connectivity index (χ2n) is 6.51. The third-order valence-corrected chi connectivity index (χ3v) is 6.21. The Morgan fingerprint density at radius 1 is 0.969 bits per heavy atom. The first-order valence-electron chi connectivity index (χ1n) is 8.98. The van der Waals surface area contributed by atoms with Gasteiger partial charge in [-0.1, -0.05) is 30.3 Å². The molecule has 0 saturated carbocycles. The van der Waals surface area contributed by atoms with E-state index in [1.807, 2.05) is 5.38 Å². The fourth-order valence-corrected chi connectivity index (χ4v) is 4.31. The van der Waals surface area contributed by atoms with Gasteiger partial charge in [0.25, 0.3) is 16.0 Å². The number of nitrogens with zero attached hydrogens (tertiary/aromatic N) is 2. The van der Waals surface area contributed by atoms with Gasteiger partial charge in [0.2, 0.25) is 0 Å². The van der Waals surface area contributed by atoms with E-state index >= 15 is 0 Å². The molecule has 4 aromatic rings. The Morgan fingerprint density at radius 2 is 1.66 bits per heavy atom. The maximum atomic E-state index is 12.1. The fourth-order valence-electron chi connectivity index (χ4n) is 2.97. The van der Waals surface area contributed by atoms with Gasteiger partial charge in [-0.25, -0.2) is 0 Å². The average Bonchev–Trinajstić information content (AvgIpc) is 3.29. The van der Waals surface area contributed by atoms with Gasteiger partial charge in [0.1, 0.15) is 10.6 Å². The van der Waals surface area contributed by atoms with Gasteiger partial charge in [-0.3, -0.25) is 9.35 Å². The Hall–Kier alpha value is -2.60. The number of carbonyl (C=O) groups excluding carboxylic acids is 1. The summed E-state index contributed by atoms with van der Waals surface area (Å²) in [6, 6.07) is 17.9. The number of azo groups is 1. The van der Waals surface area contributed by atoms with Crippen molar-refractivity contribution in [1.82, 2.24) is 0 Å². The number of fused-ring (bicyclic) bond motifs is 1. The number of hydrogen-bond donors (Lipinski definition) is 3. The van der Waals surface area contributed by atoms with Crippen LogP contribution in [0.25, 0.3) is 10.8 Å². The zero-order valence-electron chi connectivity index (χ0n) is 15.9. The van der Waals surface area contributed by atoms with Crippen LogP contribution in [0.4, 0.5) is 22.7 Å². The van der Waals surface area contributed by atoms with Crippen molar-refractivity contribution in [3.8, 4) is 0 Å². The molecular formula is C21H17N4NaO4S2. The van der Waals surface area contributed by atoms with Crippen molar-refractivity contribution >= 4 is 90.4 Å². The van der Waals surface area contributed by atoms with Gasteiger partial charge in [0.05, 0.1) is 16.3 Å². The van der Waals surface area contributed by atoms with E-state index < -0.39 is 10.1 Å². The zero-order chi connectivity index (χ0) is 22.0. The Kier molecular flexibility index (Phi) is 7.44. The summed E-state index contributed by atoms with van der Waals surface area (Å²) in [5.74, 6) is -0.203. The van der Waals surface area contributed by atoms with Crippen LogP contribution in [0.5, 0.6) is 0 Å². The molecule has 1 amide bonds. The first-order chi connectivity index (χ1) is 14.8. The molecule has 0 saturated heterocycles. The number of nitrogens with two attached hydrogens (primary N) is 1. The van der Waals surface area contributed by atoms with Gasteiger partial charge in [-0.2, -0.15) is 13.5 Å². The van der Waals surface area contributed by atoms with Crippen molar-refractivity contribution in [2.75, 3.05) is 11.1 Å². The topological polar surface area (TPSA) is 134 Å². The summed E-state index contributed by atoms with van der Waals surface area (Å²) in [7, 11) is -4.48. The predicted octanol–water partition coefficient (Wildman–Crippen LogP) is 4.75. The van der Waals surface area contributed by atoms with Gasteiger partial charge in [0.15, 0.2) is 0 Å². The third kappa shape index (κ3) is 5.23. The van der Waals surface area contributed by atoms with Crippen LogP contribution in [0.15, 0.2) is 87.2 Å². The number of hydrogen-bond acceptors (Lipinski definition) is 7. The number of carbonyl (C=O) groups is 1. The van der Waals surface area contributed by atoms with E-state index in [0.29, 0.717) is 27.0 Å². The van der Waals surface area contributed by atoms with E-state index in [2.05, 4.69) is 15.5 Å². The van der Waals surface area contributed by atoms with Crippen LogP contribution in [0.3, 0.4) is 0 Å². The van der Waals surface area contributed by atoms with Crippen molar-refractivity contribution in [1.29, 1.82) is 0 Å². The molecule has 1 aromatic heterocycles. The van der Waals surface area contributed by atoms with Crippen LogP contribution in [0, 0.1) is 0 Å². The van der Waals surface area contributed by atoms with E-state index in [-0.39, 0.29) is 51.7 Å². The second-order valence-corrected chi connectivity index (χ2v) is 8.84. The predicted molar refractivity (Wildman–Crippen MR) is 128 cm³/mol. The normalized spacial score (nSPS) is 11.4. The van der Waals surface area contributed by atoms with Gasteiger partial charge in [-0.15, -0.1) is 16.5 Å². The molecule has 0 unspecified atom stereocenters. The monoisotopic (exact) mass is 476 g/mol. The van der Waals surface area contributed by atoms with Crippen LogP contribution < -0.4 is 11.1 Å². The molecular weight excluding hydrogens is 459 g/mol. The van der Waals surface area contributed by atoms with Crippen LogP contribution >= 0.6 is 11.3 Å². The van der Waals surface area contributed by atoms with E-state index in [0.717, 1.165) is 0 Å². The van der Waals surface area contributed by atoms with Crippen molar-refractivity contribution in [3.05, 3.63) is 77.0 Å². The molecule has 1 heterocycles. The standard InChI is InChI=1S/C21H16N4O4S2.Na.H/c22-20-16-5-2-1-4-15(16)19(31(27,28)29)12-17(20)25-24-14-9-7-13(8-10-14)23-21(26)18-6-3-11-30-18;;/h1-12H,22H2,(H,23,26)(H,27,28,29);;/b25-24+;;. The van der Waals surface area contributed by atoms with Gasteiger partial charge >= 0.3 is 29.6 Å². The molecule has 158 valence electrons. The van der Waals surface area contributed by atoms with Crippen molar-refractivity contribution in [2.24, 2.45) is 10.2 Å². The number of nitrogen functional groups attached to an aromatic ring is 1. The molecule has 8 nitrogen and oxygen atoms in total. The van der Waals surface area contributed by atoms with Crippen LogP contribution in [-0.2, 0) is 10.1 Å². The van der Waals surface area contributed by atoms with E-state index in [1.54, 1.807) is 60.7 Å². The summed E-state index contributed by atoms with van der Waals surface area (Å²) in [6.07, 6.45) is 0. The average molecular weight is 477 g/mol. The summed E-state index contributed by atoms with van der Waals surface area (Å²) in [4.78, 5) is 12.4.